The highest BCUT2D eigenvalue weighted by atomic mass is 19.4. The van der Waals surface area contributed by atoms with E-state index in [2.05, 4.69) is 10.3 Å². The van der Waals surface area contributed by atoms with Crippen LogP contribution in [0.15, 0.2) is 48.7 Å². The second-order valence-electron chi connectivity index (χ2n) is 5.69. The summed E-state index contributed by atoms with van der Waals surface area (Å²) in [5.41, 5.74) is 6.56. The number of urea groups is 1. The molecule has 0 radical (unpaired) electrons. The Balaban J connectivity index is 1.63. The molecular weight excluding hydrogens is 347 g/mol. The molecule has 0 unspecified atom stereocenters. The standard InChI is InChI=1S/C18H16F3N3O2/c19-18(20,21)12-3-1-11(2-4-12)7-8-26-13-5-6-15-14(9-13)16(10-23-15)24-17(22)25/h1-6,9-10,23H,7-8H2,(H3,22,24,25). The summed E-state index contributed by atoms with van der Waals surface area (Å²) < 4.78 is 43.3. The number of carbonyl (C=O) groups excluding carboxylic acids is 1. The zero-order valence-electron chi connectivity index (χ0n) is 13.6. The molecule has 0 spiro atoms. The van der Waals surface area contributed by atoms with E-state index in [4.69, 9.17) is 10.5 Å². The molecular formula is C18H16F3N3O2. The fraction of sp³-hybridized carbons (Fsp3) is 0.167. The largest absolute Gasteiger partial charge is 0.493 e. The maximum absolute atomic E-state index is 12.5. The van der Waals surface area contributed by atoms with E-state index in [0.29, 0.717) is 24.5 Å². The highest BCUT2D eigenvalue weighted by Crippen LogP contribution is 2.29. The Morgan fingerprint density at radius 3 is 2.54 bits per heavy atom. The summed E-state index contributed by atoms with van der Waals surface area (Å²) in [6, 6.07) is 9.65. The molecule has 0 aliphatic heterocycles. The number of amides is 2. The third kappa shape index (κ3) is 4.08. The van der Waals surface area contributed by atoms with Crippen LogP contribution < -0.4 is 15.8 Å². The van der Waals surface area contributed by atoms with Crippen LogP contribution in [-0.4, -0.2) is 17.6 Å². The van der Waals surface area contributed by atoms with Crippen molar-refractivity contribution in [2.24, 2.45) is 5.73 Å². The van der Waals surface area contributed by atoms with Gasteiger partial charge in [0.05, 0.1) is 17.9 Å². The molecule has 26 heavy (non-hydrogen) atoms. The SMILES string of the molecule is NC(=O)Nc1c[nH]c2ccc(OCCc3ccc(C(F)(F)F)cc3)cc12. The third-order valence-corrected chi connectivity index (χ3v) is 3.85. The minimum absolute atomic E-state index is 0.305. The smallest absolute Gasteiger partial charge is 0.416 e. The highest BCUT2D eigenvalue weighted by molar-refractivity contribution is 6.00. The van der Waals surface area contributed by atoms with E-state index < -0.39 is 17.8 Å². The van der Waals surface area contributed by atoms with Gasteiger partial charge < -0.3 is 20.8 Å². The van der Waals surface area contributed by atoms with Crippen LogP contribution in [0.4, 0.5) is 23.7 Å². The lowest BCUT2D eigenvalue weighted by Crippen LogP contribution is -2.18. The van der Waals surface area contributed by atoms with Crippen molar-refractivity contribution in [2.45, 2.75) is 12.6 Å². The summed E-state index contributed by atoms with van der Waals surface area (Å²) in [4.78, 5) is 14.0. The number of rotatable bonds is 5. The molecule has 2 amide bonds. The van der Waals surface area contributed by atoms with Crippen molar-refractivity contribution in [3.05, 3.63) is 59.8 Å². The van der Waals surface area contributed by atoms with Crippen molar-refractivity contribution in [3.8, 4) is 5.75 Å². The number of aromatic nitrogens is 1. The fourth-order valence-corrected chi connectivity index (χ4v) is 2.57. The predicted molar refractivity (Wildman–Crippen MR) is 92.1 cm³/mol. The lowest BCUT2D eigenvalue weighted by atomic mass is 10.1. The Morgan fingerprint density at radius 2 is 1.88 bits per heavy atom. The molecule has 4 N–H and O–H groups in total. The van der Waals surface area contributed by atoms with E-state index in [1.54, 1.807) is 24.4 Å². The summed E-state index contributed by atoms with van der Waals surface area (Å²) in [7, 11) is 0. The number of hydrogen-bond donors (Lipinski definition) is 3. The van der Waals surface area contributed by atoms with Crippen molar-refractivity contribution >= 4 is 22.6 Å². The summed E-state index contributed by atoms with van der Waals surface area (Å²) in [6.45, 7) is 0.305. The van der Waals surface area contributed by atoms with E-state index in [9.17, 15) is 18.0 Å². The summed E-state index contributed by atoms with van der Waals surface area (Å²) in [5.74, 6) is 0.580. The van der Waals surface area contributed by atoms with Crippen LogP contribution in [0.5, 0.6) is 5.75 Å². The molecule has 136 valence electrons. The van der Waals surface area contributed by atoms with Gasteiger partial charge in [-0.3, -0.25) is 0 Å². The Morgan fingerprint density at radius 1 is 1.15 bits per heavy atom. The summed E-state index contributed by atoms with van der Waals surface area (Å²) in [5, 5.41) is 3.26. The van der Waals surface area contributed by atoms with Gasteiger partial charge in [0.25, 0.3) is 0 Å². The number of ether oxygens (including phenoxy) is 1. The van der Waals surface area contributed by atoms with E-state index in [1.165, 1.54) is 12.1 Å². The number of alkyl halides is 3. The number of aromatic amines is 1. The molecule has 5 nitrogen and oxygen atoms in total. The first-order chi connectivity index (χ1) is 12.3. The molecule has 0 aliphatic rings. The van der Waals surface area contributed by atoms with Gasteiger partial charge in [-0.15, -0.1) is 0 Å². The third-order valence-electron chi connectivity index (χ3n) is 3.85. The summed E-state index contributed by atoms with van der Waals surface area (Å²) in [6.07, 6.45) is -2.24. The van der Waals surface area contributed by atoms with Crippen LogP contribution in [-0.2, 0) is 12.6 Å². The summed E-state index contributed by atoms with van der Waals surface area (Å²) >= 11 is 0. The average molecular weight is 363 g/mol. The molecule has 8 heteroatoms. The second kappa shape index (κ2) is 6.99. The highest BCUT2D eigenvalue weighted by Gasteiger charge is 2.29. The maximum atomic E-state index is 12.5. The van der Waals surface area contributed by atoms with Crippen LogP contribution >= 0.6 is 0 Å². The van der Waals surface area contributed by atoms with Crippen LogP contribution in [0.25, 0.3) is 10.9 Å². The lowest BCUT2D eigenvalue weighted by Gasteiger charge is -2.09. The first kappa shape index (κ1) is 17.7. The number of nitrogens with one attached hydrogen (secondary N) is 2. The number of carbonyl (C=O) groups is 1. The van der Waals surface area contributed by atoms with Gasteiger partial charge in [0.2, 0.25) is 0 Å². The van der Waals surface area contributed by atoms with Gasteiger partial charge in [-0.1, -0.05) is 12.1 Å². The van der Waals surface area contributed by atoms with Crippen molar-refractivity contribution in [2.75, 3.05) is 11.9 Å². The molecule has 0 atom stereocenters. The van der Waals surface area contributed by atoms with Crippen molar-refractivity contribution < 1.29 is 22.7 Å². The number of H-pyrrole nitrogens is 1. The molecule has 0 aliphatic carbocycles. The second-order valence-corrected chi connectivity index (χ2v) is 5.69. The van der Waals surface area contributed by atoms with Crippen molar-refractivity contribution in [1.29, 1.82) is 0 Å². The van der Waals surface area contributed by atoms with Crippen molar-refractivity contribution in [3.63, 3.8) is 0 Å². The first-order valence-corrected chi connectivity index (χ1v) is 7.79. The molecule has 3 rings (SSSR count). The maximum Gasteiger partial charge on any atom is 0.416 e. The van der Waals surface area contributed by atoms with Gasteiger partial charge in [0, 0.05) is 23.5 Å². The number of benzene rings is 2. The van der Waals surface area contributed by atoms with Gasteiger partial charge in [-0.2, -0.15) is 13.2 Å². The van der Waals surface area contributed by atoms with Gasteiger partial charge >= 0.3 is 12.2 Å². The number of halogens is 3. The molecule has 1 aromatic heterocycles. The molecule has 0 saturated carbocycles. The van der Waals surface area contributed by atoms with E-state index in [0.717, 1.165) is 28.6 Å². The van der Waals surface area contributed by atoms with Gasteiger partial charge in [-0.25, -0.2) is 4.79 Å². The van der Waals surface area contributed by atoms with Gasteiger partial charge in [-0.05, 0) is 35.9 Å². The number of anilines is 1. The minimum atomic E-state index is -4.34. The predicted octanol–water partition coefficient (Wildman–Crippen LogP) is 4.30. The molecule has 0 fully saturated rings. The minimum Gasteiger partial charge on any atom is -0.493 e. The average Bonchev–Trinajstić information content (AvgIpc) is 2.96. The Labute approximate surface area is 147 Å². The fourth-order valence-electron chi connectivity index (χ4n) is 2.57. The Kier molecular flexibility index (Phi) is 4.75. The van der Waals surface area contributed by atoms with Gasteiger partial charge in [0.15, 0.2) is 0 Å². The number of primary amides is 1. The molecule has 0 bridgehead atoms. The number of nitrogens with two attached hydrogens (primary N) is 1. The van der Waals surface area contributed by atoms with Crippen LogP contribution in [0.2, 0.25) is 0 Å². The van der Waals surface area contributed by atoms with Crippen LogP contribution in [0.3, 0.4) is 0 Å². The van der Waals surface area contributed by atoms with E-state index in [1.807, 2.05) is 0 Å². The Bertz CT molecular complexity index is 918. The zero-order chi connectivity index (χ0) is 18.7. The van der Waals surface area contributed by atoms with Crippen LogP contribution in [0, 0.1) is 0 Å². The van der Waals surface area contributed by atoms with Crippen LogP contribution in [0.1, 0.15) is 11.1 Å². The lowest BCUT2D eigenvalue weighted by molar-refractivity contribution is -0.137. The number of hydrogen-bond acceptors (Lipinski definition) is 2. The first-order valence-electron chi connectivity index (χ1n) is 7.79. The quantitative estimate of drug-likeness (QED) is 0.632. The molecule has 2 aromatic carbocycles. The van der Waals surface area contributed by atoms with E-state index >= 15 is 0 Å². The number of fused-ring (bicyclic) bond motifs is 1. The van der Waals surface area contributed by atoms with E-state index in [-0.39, 0.29) is 0 Å². The molecule has 0 saturated heterocycles. The topological polar surface area (TPSA) is 80.1 Å². The Hall–Kier alpha value is -3.16. The van der Waals surface area contributed by atoms with Crippen molar-refractivity contribution in [1.82, 2.24) is 4.98 Å². The monoisotopic (exact) mass is 363 g/mol. The van der Waals surface area contributed by atoms with Gasteiger partial charge in [0.1, 0.15) is 5.75 Å². The molecule has 3 aromatic rings. The molecule has 1 heterocycles. The zero-order valence-corrected chi connectivity index (χ0v) is 13.6. The normalized spacial score (nSPS) is 11.5.